The second kappa shape index (κ2) is 17.8. The highest BCUT2D eigenvalue weighted by atomic mass is 32.2. The molecule has 7 heteroatoms. The molecule has 0 fully saturated rings. The number of hydrogen-bond acceptors (Lipinski definition) is 7. The molecule has 3 rings (SSSR count). The van der Waals surface area contributed by atoms with Crippen LogP contribution >= 0.6 is 35.3 Å². The van der Waals surface area contributed by atoms with Gasteiger partial charge in [-0.3, -0.25) is 15.0 Å². The largest absolute Gasteiger partial charge is 0.301 e. The molecule has 0 saturated heterocycles. The molecule has 0 N–H and O–H groups in total. The summed E-state index contributed by atoms with van der Waals surface area (Å²) in [6.45, 7) is 3.48. The summed E-state index contributed by atoms with van der Waals surface area (Å²) >= 11 is 6.14. The third-order valence-electron chi connectivity index (χ3n) is 5.34. The zero-order chi connectivity index (χ0) is 23.5. The van der Waals surface area contributed by atoms with E-state index in [1.165, 1.54) is 34.3 Å². The van der Waals surface area contributed by atoms with Crippen molar-refractivity contribution in [3.63, 3.8) is 0 Å². The van der Waals surface area contributed by atoms with E-state index in [1.807, 2.05) is 72.1 Å². The van der Waals surface area contributed by atoms with Crippen LogP contribution in [0.2, 0.25) is 0 Å². The summed E-state index contributed by atoms with van der Waals surface area (Å²) in [7, 11) is 0. The molecule has 0 unspecified atom stereocenters. The number of aromatic nitrogens is 3. The standard InChI is InChI=1S/C27H36N4S3/c1-4-13-28-25(7-1)10-19-32-22-16-31(17-23-33-20-11-26-8-2-5-14-29-26)18-24-34-21-12-27-9-3-6-15-30-27/h1-9,13-15H,10-12,16-24H2. The van der Waals surface area contributed by atoms with Gasteiger partial charge >= 0.3 is 0 Å². The van der Waals surface area contributed by atoms with Crippen molar-refractivity contribution in [1.29, 1.82) is 0 Å². The van der Waals surface area contributed by atoms with Crippen molar-refractivity contribution in [2.75, 3.05) is 54.2 Å². The molecule has 3 aromatic heterocycles. The number of aryl methyl sites for hydroxylation is 3. The molecule has 0 bridgehead atoms. The second-order valence-electron chi connectivity index (χ2n) is 7.89. The van der Waals surface area contributed by atoms with E-state index in [0.717, 1.165) is 56.2 Å². The first kappa shape index (κ1) is 27.1. The lowest BCUT2D eigenvalue weighted by Gasteiger charge is -2.22. The monoisotopic (exact) mass is 512 g/mol. The average molecular weight is 513 g/mol. The minimum absolute atomic E-state index is 1.05. The summed E-state index contributed by atoms with van der Waals surface area (Å²) in [6.07, 6.45) is 8.82. The number of hydrogen-bond donors (Lipinski definition) is 0. The first-order chi connectivity index (χ1) is 16.9. The molecule has 0 aliphatic rings. The van der Waals surface area contributed by atoms with Crippen LogP contribution in [0.5, 0.6) is 0 Å². The van der Waals surface area contributed by atoms with Crippen molar-refractivity contribution in [2.24, 2.45) is 0 Å². The maximum absolute atomic E-state index is 4.43. The van der Waals surface area contributed by atoms with E-state index in [9.17, 15) is 0 Å². The smallest absolute Gasteiger partial charge is 0.0411 e. The summed E-state index contributed by atoms with van der Waals surface area (Å²) in [5.74, 6) is 6.98. The predicted molar refractivity (Wildman–Crippen MR) is 152 cm³/mol. The third-order valence-corrected chi connectivity index (χ3v) is 8.23. The average Bonchev–Trinajstić information content (AvgIpc) is 2.89. The zero-order valence-corrected chi connectivity index (χ0v) is 22.4. The first-order valence-electron chi connectivity index (χ1n) is 12.1. The summed E-state index contributed by atoms with van der Waals surface area (Å²) < 4.78 is 0. The molecular formula is C27H36N4S3. The third kappa shape index (κ3) is 12.2. The Bertz CT molecular complexity index is 751. The molecular weight excluding hydrogens is 477 g/mol. The van der Waals surface area contributed by atoms with Gasteiger partial charge in [0.15, 0.2) is 0 Å². The van der Waals surface area contributed by atoms with Crippen molar-refractivity contribution in [1.82, 2.24) is 19.9 Å². The quantitative estimate of drug-likeness (QED) is 0.211. The van der Waals surface area contributed by atoms with Crippen LogP contribution in [-0.4, -0.2) is 74.0 Å². The Kier molecular flexibility index (Phi) is 14.2. The van der Waals surface area contributed by atoms with Gasteiger partial charge in [0.1, 0.15) is 0 Å². The van der Waals surface area contributed by atoms with Crippen LogP contribution in [0, 0.1) is 0 Å². The fraction of sp³-hybridized carbons (Fsp3) is 0.444. The van der Waals surface area contributed by atoms with Crippen LogP contribution in [0.3, 0.4) is 0 Å². The normalized spacial score (nSPS) is 11.2. The summed E-state index contributed by atoms with van der Waals surface area (Å²) in [4.78, 5) is 15.9. The highest BCUT2D eigenvalue weighted by Crippen LogP contribution is 2.11. The molecule has 0 spiro atoms. The fourth-order valence-electron chi connectivity index (χ4n) is 3.39. The van der Waals surface area contributed by atoms with Crippen LogP contribution in [0.4, 0.5) is 0 Å². The Hall–Kier alpha value is -1.54. The second-order valence-corrected chi connectivity index (χ2v) is 11.6. The molecule has 3 aromatic rings. The Morgan fingerprint density at radius 3 is 1.12 bits per heavy atom. The topological polar surface area (TPSA) is 41.9 Å². The molecule has 0 amide bonds. The van der Waals surface area contributed by atoms with Crippen LogP contribution < -0.4 is 0 Å². The van der Waals surface area contributed by atoms with Gasteiger partial charge in [-0.2, -0.15) is 35.3 Å². The highest BCUT2D eigenvalue weighted by Gasteiger charge is 2.06. The lowest BCUT2D eigenvalue weighted by atomic mass is 10.3. The van der Waals surface area contributed by atoms with Gasteiger partial charge in [-0.15, -0.1) is 0 Å². The number of pyridine rings is 3. The molecule has 34 heavy (non-hydrogen) atoms. The summed E-state index contributed by atoms with van der Waals surface area (Å²) in [6, 6.07) is 18.5. The minimum atomic E-state index is 1.05. The number of thioether (sulfide) groups is 3. The van der Waals surface area contributed by atoms with Crippen molar-refractivity contribution in [3.05, 3.63) is 90.3 Å². The Morgan fingerprint density at radius 2 is 0.824 bits per heavy atom. The lowest BCUT2D eigenvalue weighted by Crippen LogP contribution is -2.31. The van der Waals surface area contributed by atoms with Gasteiger partial charge in [-0.05, 0) is 72.9 Å². The van der Waals surface area contributed by atoms with Crippen LogP contribution in [-0.2, 0) is 19.3 Å². The van der Waals surface area contributed by atoms with Crippen LogP contribution in [0.25, 0.3) is 0 Å². The molecule has 182 valence electrons. The molecule has 0 aromatic carbocycles. The van der Waals surface area contributed by atoms with E-state index in [2.05, 4.69) is 56.3 Å². The molecule has 0 aliphatic carbocycles. The van der Waals surface area contributed by atoms with Crippen molar-refractivity contribution in [3.8, 4) is 0 Å². The molecule has 0 atom stereocenters. The van der Waals surface area contributed by atoms with Gasteiger partial charge in [0.2, 0.25) is 0 Å². The highest BCUT2D eigenvalue weighted by molar-refractivity contribution is 7.99. The Balaban J connectivity index is 1.30. The predicted octanol–water partition coefficient (Wildman–Crippen LogP) is 5.40. The van der Waals surface area contributed by atoms with Gasteiger partial charge in [-0.1, -0.05) is 18.2 Å². The van der Waals surface area contributed by atoms with Gasteiger partial charge in [0.25, 0.3) is 0 Å². The Morgan fingerprint density at radius 1 is 0.471 bits per heavy atom. The van der Waals surface area contributed by atoms with E-state index >= 15 is 0 Å². The van der Waals surface area contributed by atoms with Crippen LogP contribution in [0.15, 0.2) is 73.2 Å². The van der Waals surface area contributed by atoms with E-state index in [0.29, 0.717) is 0 Å². The molecule has 0 saturated carbocycles. The molecule has 0 aliphatic heterocycles. The zero-order valence-electron chi connectivity index (χ0n) is 19.9. The van der Waals surface area contributed by atoms with Gasteiger partial charge < -0.3 is 4.90 Å². The van der Waals surface area contributed by atoms with E-state index in [-0.39, 0.29) is 0 Å². The molecule has 4 nitrogen and oxygen atoms in total. The Labute approximate surface area is 218 Å². The van der Waals surface area contributed by atoms with Gasteiger partial charge in [0, 0.05) is 72.6 Å². The first-order valence-corrected chi connectivity index (χ1v) is 15.5. The van der Waals surface area contributed by atoms with Gasteiger partial charge in [0.05, 0.1) is 0 Å². The lowest BCUT2D eigenvalue weighted by molar-refractivity contribution is 0.329. The van der Waals surface area contributed by atoms with Crippen molar-refractivity contribution >= 4 is 35.3 Å². The van der Waals surface area contributed by atoms with Crippen LogP contribution in [0.1, 0.15) is 17.1 Å². The summed E-state index contributed by atoms with van der Waals surface area (Å²) in [5.41, 5.74) is 3.58. The summed E-state index contributed by atoms with van der Waals surface area (Å²) in [5, 5.41) is 0. The van der Waals surface area contributed by atoms with Gasteiger partial charge in [-0.25, -0.2) is 0 Å². The van der Waals surface area contributed by atoms with Crippen molar-refractivity contribution in [2.45, 2.75) is 19.3 Å². The van der Waals surface area contributed by atoms with E-state index in [1.54, 1.807) is 0 Å². The maximum atomic E-state index is 4.43. The van der Waals surface area contributed by atoms with E-state index in [4.69, 9.17) is 0 Å². The maximum Gasteiger partial charge on any atom is 0.0411 e. The number of nitrogens with zero attached hydrogens (tertiary/aromatic N) is 4. The molecule has 0 radical (unpaired) electrons. The fourth-order valence-corrected chi connectivity index (χ4v) is 6.23. The minimum Gasteiger partial charge on any atom is -0.301 e. The van der Waals surface area contributed by atoms with Crippen molar-refractivity contribution < 1.29 is 0 Å². The SMILES string of the molecule is c1ccc(CCSCCN(CCSCCc2ccccn2)CCSCCc2ccccn2)nc1. The molecule has 3 heterocycles. The van der Waals surface area contributed by atoms with E-state index < -0.39 is 0 Å². The number of rotatable bonds is 18.